The Morgan fingerprint density at radius 3 is 2.61 bits per heavy atom. The molecule has 0 saturated carbocycles. The van der Waals surface area contributed by atoms with E-state index in [4.69, 9.17) is 5.11 Å². The molecule has 0 spiro atoms. The van der Waals surface area contributed by atoms with Crippen molar-refractivity contribution in [3.63, 3.8) is 0 Å². The van der Waals surface area contributed by atoms with Gasteiger partial charge in [0.15, 0.2) is 0 Å². The number of thiophene rings is 1. The van der Waals surface area contributed by atoms with Gasteiger partial charge in [-0.2, -0.15) is 18.3 Å². The molecular formula is C14H12F3N3O2S. The lowest BCUT2D eigenvalue weighted by Crippen LogP contribution is -2.08. The van der Waals surface area contributed by atoms with Crippen LogP contribution < -0.4 is 5.43 Å². The highest BCUT2D eigenvalue weighted by molar-refractivity contribution is 7.12. The summed E-state index contributed by atoms with van der Waals surface area (Å²) in [7, 11) is 0. The zero-order valence-corrected chi connectivity index (χ0v) is 12.5. The SMILES string of the molecule is O=C(O)CC/C(=N/Nc1ccc(C(F)(F)F)cn1)c1cccs1. The molecule has 2 aromatic rings. The topological polar surface area (TPSA) is 74.6 Å². The summed E-state index contributed by atoms with van der Waals surface area (Å²) < 4.78 is 37.4. The lowest BCUT2D eigenvalue weighted by Gasteiger charge is -2.07. The minimum atomic E-state index is -4.45. The second kappa shape index (κ2) is 7.23. The first kappa shape index (κ1) is 16.9. The van der Waals surface area contributed by atoms with Crippen molar-refractivity contribution < 1.29 is 23.1 Å². The summed E-state index contributed by atoms with van der Waals surface area (Å²) >= 11 is 1.39. The van der Waals surface area contributed by atoms with Crippen LogP contribution in [0.15, 0.2) is 40.9 Å². The highest BCUT2D eigenvalue weighted by Gasteiger charge is 2.30. The second-order valence-corrected chi connectivity index (χ2v) is 5.42. The Morgan fingerprint density at radius 1 is 1.30 bits per heavy atom. The molecule has 122 valence electrons. The fourth-order valence-electron chi connectivity index (χ4n) is 1.65. The van der Waals surface area contributed by atoms with Gasteiger partial charge in [-0.1, -0.05) is 6.07 Å². The molecule has 0 aliphatic rings. The Labute approximate surface area is 133 Å². The predicted octanol–water partition coefficient (Wildman–Crippen LogP) is 3.84. The van der Waals surface area contributed by atoms with E-state index < -0.39 is 17.7 Å². The van der Waals surface area contributed by atoms with Crippen molar-refractivity contribution >= 4 is 28.8 Å². The maximum atomic E-state index is 12.5. The van der Waals surface area contributed by atoms with Gasteiger partial charge in [-0.05, 0) is 23.6 Å². The molecule has 0 unspecified atom stereocenters. The van der Waals surface area contributed by atoms with E-state index in [1.807, 2.05) is 5.38 Å². The Morgan fingerprint density at radius 2 is 2.09 bits per heavy atom. The van der Waals surface area contributed by atoms with Crippen LogP contribution in [-0.2, 0) is 11.0 Å². The van der Waals surface area contributed by atoms with Gasteiger partial charge in [-0.15, -0.1) is 11.3 Å². The molecule has 0 bridgehead atoms. The van der Waals surface area contributed by atoms with Crippen molar-refractivity contribution in [2.45, 2.75) is 19.0 Å². The van der Waals surface area contributed by atoms with Crippen LogP contribution in [0, 0.1) is 0 Å². The van der Waals surface area contributed by atoms with Gasteiger partial charge >= 0.3 is 12.1 Å². The van der Waals surface area contributed by atoms with Crippen LogP contribution in [0.1, 0.15) is 23.3 Å². The number of halogens is 3. The highest BCUT2D eigenvalue weighted by atomic mass is 32.1. The Kier molecular flexibility index (Phi) is 5.32. The minimum absolute atomic E-state index is 0.0984. The van der Waals surface area contributed by atoms with Gasteiger partial charge in [0.25, 0.3) is 0 Å². The molecule has 23 heavy (non-hydrogen) atoms. The van der Waals surface area contributed by atoms with E-state index in [1.165, 1.54) is 11.3 Å². The summed E-state index contributed by atoms with van der Waals surface area (Å²) in [6.45, 7) is 0. The van der Waals surface area contributed by atoms with Gasteiger partial charge in [0, 0.05) is 12.6 Å². The second-order valence-electron chi connectivity index (χ2n) is 4.47. The molecule has 2 rings (SSSR count). The van der Waals surface area contributed by atoms with E-state index in [2.05, 4.69) is 15.5 Å². The summed E-state index contributed by atoms with van der Waals surface area (Å²) in [5.41, 5.74) is 2.21. The van der Waals surface area contributed by atoms with Gasteiger partial charge in [0.2, 0.25) is 0 Å². The summed E-state index contributed by atoms with van der Waals surface area (Å²) in [5, 5.41) is 14.7. The third kappa shape index (κ3) is 5.06. The number of rotatable bonds is 6. The van der Waals surface area contributed by atoms with Crippen LogP contribution in [-0.4, -0.2) is 21.8 Å². The van der Waals surface area contributed by atoms with Gasteiger partial charge in [-0.3, -0.25) is 10.2 Å². The number of carboxylic acids is 1. The van der Waals surface area contributed by atoms with Crippen LogP contribution in [0.5, 0.6) is 0 Å². The van der Waals surface area contributed by atoms with Gasteiger partial charge in [-0.25, -0.2) is 4.98 Å². The van der Waals surface area contributed by atoms with Crippen LogP contribution in [0.2, 0.25) is 0 Å². The molecule has 0 aliphatic heterocycles. The molecular weight excluding hydrogens is 331 g/mol. The maximum absolute atomic E-state index is 12.5. The monoisotopic (exact) mass is 343 g/mol. The van der Waals surface area contributed by atoms with Gasteiger partial charge < -0.3 is 5.11 Å². The average molecular weight is 343 g/mol. The minimum Gasteiger partial charge on any atom is -0.481 e. The molecule has 0 saturated heterocycles. The fourth-order valence-corrected chi connectivity index (χ4v) is 2.40. The number of carboxylic acid groups (broad SMARTS) is 1. The first-order valence-electron chi connectivity index (χ1n) is 6.48. The molecule has 0 amide bonds. The molecule has 9 heteroatoms. The third-order valence-corrected chi connectivity index (χ3v) is 3.70. The number of hydrogen-bond acceptors (Lipinski definition) is 5. The molecule has 0 radical (unpaired) electrons. The lowest BCUT2D eigenvalue weighted by atomic mass is 10.2. The number of hydrazone groups is 1. The Bertz CT molecular complexity index is 682. The zero-order chi connectivity index (χ0) is 16.9. The number of anilines is 1. The van der Waals surface area contributed by atoms with E-state index in [0.29, 0.717) is 11.9 Å². The molecule has 0 fully saturated rings. The zero-order valence-electron chi connectivity index (χ0n) is 11.7. The standard InChI is InChI=1S/C14H12F3N3O2S/c15-14(16,17)9-3-5-12(18-8-9)20-19-10(4-6-13(21)22)11-2-1-7-23-11/h1-3,5,7-8H,4,6H2,(H,18,20)(H,21,22)/b19-10-. The summed E-state index contributed by atoms with van der Waals surface area (Å²) in [5.74, 6) is -0.815. The van der Waals surface area contributed by atoms with Crippen molar-refractivity contribution in [1.82, 2.24) is 4.98 Å². The van der Waals surface area contributed by atoms with E-state index in [0.717, 1.165) is 17.0 Å². The summed E-state index contributed by atoms with van der Waals surface area (Å²) in [6, 6.07) is 5.64. The number of hydrogen-bond donors (Lipinski definition) is 2. The smallest absolute Gasteiger partial charge is 0.417 e. The Balaban J connectivity index is 2.12. The molecule has 5 nitrogen and oxygen atoms in total. The quantitative estimate of drug-likeness (QED) is 0.617. The largest absolute Gasteiger partial charge is 0.481 e. The summed E-state index contributed by atoms with van der Waals surface area (Å²) in [6.07, 6.45) is -3.64. The van der Waals surface area contributed by atoms with Crippen LogP contribution in [0.4, 0.5) is 19.0 Å². The maximum Gasteiger partial charge on any atom is 0.417 e. The van der Waals surface area contributed by atoms with Crippen molar-refractivity contribution in [3.05, 3.63) is 46.3 Å². The first-order chi connectivity index (χ1) is 10.9. The van der Waals surface area contributed by atoms with Crippen LogP contribution in [0.25, 0.3) is 0 Å². The van der Waals surface area contributed by atoms with E-state index in [9.17, 15) is 18.0 Å². The molecule has 2 N–H and O–H groups in total. The number of carbonyl (C=O) groups is 1. The number of pyridine rings is 1. The number of nitrogens with zero attached hydrogens (tertiary/aromatic N) is 2. The van der Waals surface area contributed by atoms with Crippen LogP contribution >= 0.6 is 11.3 Å². The predicted molar refractivity (Wildman–Crippen MR) is 80.6 cm³/mol. The normalized spacial score (nSPS) is 12.2. The molecule has 2 heterocycles. The summed E-state index contributed by atoms with van der Waals surface area (Å²) in [4.78, 5) is 15.1. The van der Waals surface area contributed by atoms with E-state index in [1.54, 1.807) is 12.1 Å². The van der Waals surface area contributed by atoms with E-state index >= 15 is 0 Å². The third-order valence-electron chi connectivity index (χ3n) is 2.78. The number of alkyl halides is 3. The van der Waals surface area contributed by atoms with E-state index in [-0.39, 0.29) is 18.7 Å². The van der Waals surface area contributed by atoms with Crippen LogP contribution in [0.3, 0.4) is 0 Å². The highest BCUT2D eigenvalue weighted by Crippen LogP contribution is 2.28. The molecule has 0 atom stereocenters. The van der Waals surface area contributed by atoms with Crippen molar-refractivity contribution in [2.75, 3.05) is 5.43 Å². The van der Waals surface area contributed by atoms with Gasteiger partial charge in [0.05, 0.1) is 22.6 Å². The number of nitrogens with one attached hydrogen (secondary N) is 1. The fraction of sp³-hybridized carbons (Fsp3) is 0.214. The molecule has 2 aromatic heterocycles. The van der Waals surface area contributed by atoms with Crippen molar-refractivity contribution in [3.8, 4) is 0 Å². The molecule has 0 aromatic carbocycles. The average Bonchev–Trinajstić information content (AvgIpc) is 3.00. The van der Waals surface area contributed by atoms with Crippen molar-refractivity contribution in [2.24, 2.45) is 5.10 Å². The number of aromatic nitrogens is 1. The lowest BCUT2D eigenvalue weighted by molar-refractivity contribution is -0.138. The van der Waals surface area contributed by atoms with Crippen molar-refractivity contribution in [1.29, 1.82) is 0 Å². The molecule has 0 aliphatic carbocycles. The van der Waals surface area contributed by atoms with Gasteiger partial charge in [0.1, 0.15) is 5.82 Å². The first-order valence-corrected chi connectivity index (χ1v) is 7.35. The number of aliphatic carboxylic acids is 1. The Hall–Kier alpha value is -2.42.